The Balaban J connectivity index is 0.00000107. The number of fused-ring (bicyclic) bond motifs is 2. The number of alkyl halides is 3. The van der Waals surface area contributed by atoms with Gasteiger partial charge in [0, 0.05) is 75.5 Å². The third kappa shape index (κ3) is 57.7. The van der Waals surface area contributed by atoms with E-state index >= 15 is 0 Å². The number of halogens is 3. The van der Waals surface area contributed by atoms with Crippen molar-refractivity contribution in [1.29, 1.82) is 0 Å². The number of ether oxygens (including phenoxy) is 1. The molecule has 2 aromatic heterocycles. The molecular formula is C82H115F3O13S2. The number of aldehydes is 12. The number of carbonyl (C=O) groups is 12. The molecule has 7 aliphatic carbocycles. The van der Waals surface area contributed by atoms with Gasteiger partial charge in [0.15, 0.2) is 6.29 Å². The van der Waals surface area contributed by atoms with Gasteiger partial charge in [0.1, 0.15) is 81.5 Å². The second-order valence-electron chi connectivity index (χ2n) is 25.5. The zero-order valence-corrected chi connectivity index (χ0v) is 60.8. The Labute approximate surface area is 603 Å². The van der Waals surface area contributed by atoms with Crippen molar-refractivity contribution in [2.24, 2.45) is 47.3 Å². The summed E-state index contributed by atoms with van der Waals surface area (Å²) in [7, 11) is 0. The molecule has 0 spiro atoms. The van der Waals surface area contributed by atoms with Crippen LogP contribution in [0.25, 0.3) is 0 Å². The molecule has 4 atom stereocenters. The van der Waals surface area contributed by atoms with E-state index in [0.29, 0.717) is 31.6 Å². The smallest absolute Gasteiger partial charge is 0.389 e. The fourth-order valence-corrected chi connectivity index (χ4v) is 13.1. The van der Waals surface area contributed by atoms with Crippen molar-refractivity contribution in [3.8, 4) is 5.75 Å². The van der Waals surface area contributed by atoms with E-state index in [-0.39, 0.29) is 12.9 Å². The van der Waals surface area contributed by atoms with Gasteiger partial charge >= 0.3 is 6.18 Å². The Bertz CT molecular complexity index is 2600. The van der Waals surface area contributed by atoms with E-state index in [1.54, 1.807) is 28.7 Å². The Hall–Kier alpha value is -7.05. The van der Waals surface area contributed by atoms with Crippen LogP contribution in [0.5, 0.6) is 5.75 Å². The van der Waals surface area contributed by atoms with Gasteiger partial charge in [0.05, 0.1) is 6.42 Å². The molecule has 2 heterocycles. The highest BCUT2D eigenvalue weighted by Crippen LogP contribution is 2.49. The molecule has 13 nitrogen and oxygen atoms in total. The number of rotatable bonds is 28. The summed E-state index contributed by atoms with van der Waals surface area (Å²) in [5.74, 6) is 7.20. The average molecular weight is 1430 g/mol. The quantitative estimate of drug-likeness (QED) is 0.0294. The summed E-state index contributed by atoms with van der Waals surface area (Å²) in [6.07, 6.45) is 49.7. The van der Waals surface area contributed by atoms with Gasteiger partial charge in [0.25, 0.3) is 0 Å². The second-order valence-corrected chi connectivity index (χ2v) is 27.3. The first-order chi connectivity index (χ1) is 48.8. The number of allylic oxidation sites excluding steroid dienone is 3. The standard InChI is InChI=1S/C9H14O.C9H16O.C8H8O2.C8H14O.C8H8O.C7H12O.C7H10O.2C6H6OS.2C5H8O.C4H5F3O/c10-4-3-9-6-7-1-2-8(9)5-7;10-8-4-3-7-9-5-1-2-6-9;9-6-7-10-8-4-2-1-3-5-8;2*9-7-6-8-4-2-1-3-5-8;2*8-6-5-7-3-1-2-4-7;7-3-1-6-2-4-8-5-6;7-4-3-6-2-1-5-8-6;6-4-3-5-1-2-5;1-2-3-4-5-6;5-4(6,7)2-1-3-8/h4,7-9H,1-3,5-6H2;8-9H,1-7H2;1-6H,7H2;7-8H,1-6H2;1-5,7H,6H2;6-7H,1-5H2;1,3,6-7H,2,4-5H2;2-5H,1H2;1-2,4-5H,3H2;4-5H,1-3H2;2,5H,1,3-4H2;3H,1-2H2. The first-order valence-corrected chi connectivity index (χ1v) is 37.9. The van der Waals surface area contributed by atoms with E-state index in [4.69, 9.17) is 4.74 Å². The highest BCUT2D eigenvalue weighted by Gasteiger charge is 2.38. The van der Waals surface area contributed by atoms with E-state index in [1.165, 1.54) is 141 Å². The SMILES string of the molecule is C=CCCC=O.O=CCC1C=CCC1.O=CCC1CC1.O=CCC1CC2CCC1C2.O=CCC1CCCC1.O=CCC1CCCCC1.O=CCCC(F)(F)F.O=CCCCC1CCCC1.O=CCOc1ccccc1.O=CCc1ccccc1.O=CCc1cccs1.O=CCc1ccsc1. The number of carbonyl (C=O) groups excluding carboxylic acids is 12. The lowest BCUT2D eigenvalue weighted by Gasteiger charge is -2.18. The van der Waals surface area contributed by atoms with Gasteiger partial charge in [-0.2, -0.15) is 24.5 Å². The van der Waals surface area contributed by atoms with Gasteiger partial charge in [-0.3, -0.25) is 4.79 Å². The molecule has 11 rings (SSSR count). The van der Waals surface area contributed by atoms with E-state index in [0.717, 1.165) is 184 Å². The van der Waals surface area contributed by atoms with Crippen molar-refractivity contribution in [1.82, 2.24) is 0 Å². The minimum Gasteiger partial charge on any atom is -0.486 e. The van der Waals surface area contributed by atoms with E-state index in [2.05, 4.69) is 18.7 Å². The van der Waals surface area contributed by atoms with Crippen molar-refractivity contribution in [2.75, 3.05) is 6.61 Å². The van der Waals surface area contributed by atoms with Crippen LogP contribution >= 0.6 is 22.7 Å². The molecule has 4 aromatic rings. The number of hydrogen-bond donors (Lipinski definition) is 0. The van der Waals surface area contributed by atoms with Crippen molar-refractivity contribution in [2.45, 2.75) is 237 Å². The Kier molecular flexibility index (Phi) is 63.0. The van der Waals surface area contributed by atoms with E-state index in [9.17, 15) is 70.7 Å². The number of hydrogen-bond acceptors (Lipinski definition) is 15. The fraction of sp³-hybridized carbons (Fsp3) is 0.561. The summed E-state index contributed by atoms with van der Waals surface area (Å²) < 4.78 is 38.2. The minimum atomic E-state index is -4.18. The maximum atomic E-state index is 11.1. The molecule has 0 N–H and O–H groups in total. The molecule has 0 amide bonds. The largest absolute Gasteiger partial charge is 0.486 e. The average Bonchev–Trinajstić information content (AvgIpc) is 1.69. The van der Waals surface area contributed by atoms with Crippen molar-refractivity contribution in [3.05, 3.63) is 136 Å². The van der Waals surface area contributed by atoms with Crippen molar-refractivity contribution in [3.63, 3.8) is 0 Å². The molecular weight excluding hydrogens is 1310 g/mol. The molecule has 7 aliphatic rings. The Morgan fingerprint density at radius 1 is 0.460 bits per heavy atom. The molecule has 6 fully saturated rings. The van der Waals surface area contributed by atoms with Gasteiger partial charge < -0.3 is 57.5 Å². The lowest BCUT2D eigenvalue weighted by molar-refractivity contribution is -0.139. The van der Waals surface area contributed by atoms with Crippen LogP contribution in [0.2, 0.25) is 0 Å². The molecule has 2 aromatic carbocycles. The van der Waals surface area contributed by atoms with Crippen LogP contribution in [0, 0.1) is 47.3 Å². The van der Waals surface area contributed by atoms with Crippen LogP contribution in [0.1, 0.15) is 228 Å². The molecule has 4 unspecified atom stereocenters. The molecule has 18 heteroatoms. The Morgan fingerprint density at radius 2 is 1.00 bits per heavy atom. The predicted molar refractivity (Wildman–Crippen MR) is 397 cm³/mol. The van der Waals surface area contributed by atoms with Crippen LogP contribution in [0.15, 0.2) is 120 Å². The monoisotopic (exact) mass is 1430 g/mol. The van der Waals surface area contributed by atoms with Crippen molar-refractivity contribution >= 4 is 98.1 Å². The zero-order chi connectivity index (χ0) is 73.6. The summed E-state index contributed by atoms with van der Waals surface area (Å²) in [5, 5.41) is 5.92. The van der Waals surface area contributed by atoms with Gasteiger partial charge in [-0.15, -0.1) is 17.9 Å². The van der Waals surface area contributed by atoms with Gasteiger partial charge in [-0.25, -0.2) is 0 Å². The molecule has 0 saturated heterocycles. The highest BCUT2D eigenvalue weighted by atomic mass is 32.1. The minimum absolute atomic E-state index is 0.129. The molecule has 0 radical (unpaired) electrons. The van der Waals surface area contributed by atoms with Gasteiger partial charge in [-0.05, 0) is 157 Å². The van der Waals surface area contributed by atoms with E-state index in [1.807, 2.05) is 95.0 Å². The number of unbranched alkanes of at least 4 members (excludes halogenated alkanes) is 2. The first kappa shape index (κ1) is 93.0. The van der Waals surface area contributed by atoms with E-state index < -0.39 is 19.0 Å². The van der Waals surface area contributed by atoms with Crippen molar-refractivity contribution < 1.29 is 75.4 Å². The van der Waals surface area contributed by atoms with Crippen LogP contribution in [-0.2, 0) is 76.8 Å². The maximum absolute atomic E-state index is 11.1. The zero-order valence-electron chi connectivity index (χ0n) is 59.1. The highest BCUT2D eigenvalue weighted by molar-refractivity contribution is 7.10. The number of benzene rings is 2. The molecule has 0 aliphatic heterocycles. The van der Waals surface area contributed by atoms with Crippen LogP contribution in [0.3, 0.4) is 0 Å². The maximum Gasteiger partial charge on any atom is 0.389 e. The fourth-order valence-electron chi connectivity index (χ4n) is 11.8. The Morgan fingerprint density at radius 3 is 1.40 bits per heavy atom. The summed E-state index contributed by atoms with van der Waals surface area (Å²) in [5.41, 5.74) is 2.19. The first-order valence-electron chi connectivity index (χ1n) is 36.1. The summed E-state index contributed by atoms with van der Waals surface area (Å²) in [4.78, 5) is 119. The number of para-hydroxylation sites is 1. The molecule has 100 heavy (non-hydrogen) atoms. The van der Waals surface area contributed by atoms with Crippen LogP contribution in [-0.4, -0.2) is 88.2 Å². The molecule has 2 bridgehead atoms. The lowest BCUT2D eigenvalue weighted by Crippen LogP contribution is -2.10. The summed E-state index contributed by atoms with van der Waals surface area (Å²) >= 11 is 3.24. The third-order valence-corrected chi connectivity index (χ3v) is 19.0. The number of thiophene rings is 2. The van der Waals surface area contributed by atoms with Gasteiger partial charge in [-0.1, -0.05) is 169 Å². The second kappa shape index (κ2) is 67.8. The predicted octanol–water partition coefficient (Wildman–Crippen LogP) is 19.4. The summed E-state index contributed by atoms with van der Waals surface area (Å²) in [6.45, 7) is 3.57. The van der Waals surface area contributed by atoms with Gasteiger partial charge in [0.2, 0.25) is 0 Å². The summed E-state index contributed by atoms with van der Waals surface area (Å²) in [6, 6.07) is 24.8. The normalized spacial score (nSPS) is 17.9. The molecule has 6 saturated carbocycles. The lowest BCUT2D eigenvalue weighted by atomic mass is 9.87. The topological polar surface area (TPSA) is 214 Å². The third-order valence-electron chi connectivity index (χ3n) is 17.4. The van der Waals surface area contributed by atoms with Crippen LogP contribution < -0.4 is 4.74 Å². The molecule has 554 valence electrons. The van der Waals surface area contributed by atoms with Crippen LogP contribution in [0.4, 0.5) is 13.2 Å².